The summed E-state index contributed by atoms with van der Waals surface area (Å²) < 4.78 is 0. The van der Waals surface area contributed by atoms with E-state index in [-0.39, 0.29) is 16.5 Å². The summed E-state index contributed by atoms with van der Waals surface area (Å²) in [5.74, 6) is 2.05. The van der Waals surface area contributed by atoms with Gasteiger partial charge in [-0.15, -0.1) is 23.5 Å². The van der Waals surface area contributed by atoms with Gasteiger partial charge in [-0.2, -0.15) is 0 Å². The summed E-state index contributed by atoms with van der Waals surface area (Å²) in [5.41, 5.74) is 12.9. The largest absolute Gasteiger partial charge is 0.271 e. The van der Waals surface area contributed by atoms with E-state index in [0.717, 1.165) is 21.6 Å². The van der Waals surface area contributed by atoms with Gasteiger partial charge >= 0.3 is 0 Å². The molecule has 242 valence electrons. The van der Waals surface area contributed by atoms with E-state index in [1.165, 1.54) is 77.2 Å². The van der Waals surface area contributed by atoms with E-state index in [9.17, 15) is 0 Å². The third-order valence-electron chi connectivity index (χ3n) is 10.5. The molecule has 2 aliphatic heterocycles. The van der Waals surface area contributed by atoms with Crippen LogP contribution in [-0.4, -0.2) is 32.7 Å². The quantitative estimate of drug-likeness (QED) is 0.174. The molecule has 0 bridgehead atoms. The second-order valence-corrected chi connectivity index (χ2v) is 17.5. The molecule has 0 aromatic heterocycles. The molecule has 0 spiro atoms. The van der Waals surface area contributed by atoms with Crippen molar-refractivity contribution < 1.29 is 0 Å². The topological polar surface area (TPSA) is 24.7 Å². The molecule has 2 heterocycles. The van der Waals surface area contributed by atoms with Crippen LogP contribution in [0.2, 0.25) is 0 Å². The highest BCUT2D eigenvalue weighted by Crippen LogP contribution is 2.53. The van der Waals surface area contributed by atoms with Crippen LogP contribution in [0.25, 0.3) is 54.9 Å². The Hall–Kier alpha value is -4.12. The summed E-state index contributed by atoms with van der Waals surface area (Å²) in [6.07, 6.45) is 0. The molecule has 1 aliphatic carbocycles. The van der Waals surface area contributed by atoms with E-state index < -0.39 is 0 Å². The van der Waals surface area contributed by atoms with Crippen LogP contribution in [-0.2, 0) is 5.41 Å². The van der Waals surface area contributed by atoms with Crippen molar-refractivity contribution in [1.29, 1.82) is 0 Å². The van der Waals surface area contributed by atoms with Crippen molar-refractivity contribution in [3.8, 4) is 33.4 Å². The van der Waals surface area contributed by atoms with Gasteiger partial charge in [0.1, 0.15) is 0 Å². The Bertz CT molecular complexity index is 2390. The van der Waals surface area contributed by atoms with Crippen LogP contribution in [0.5, 0.6) is 0 Å². The van der Waals surface area contributed by atoms with E-state index in [2.05, 4.69) is 151 Å². The van der Waals surface area contributed by atoms with Gasteiger partial charge in [-0.05, 0) is 106 Å². The lowest BCUT2D eigenvalue weighted by atomic mass is 9.79. The summed E-state index contributed by atoms with van der Waals surface area (Å²) in [4.78, 5) is 10.0. The molecule has 49 heavy (non-hydrogen) atoms. The van der Waals surface area contributed by atoms with Gasteiger partial charge in [0.25, 0.3) is 0 Å². The van der Waals surface area contributed by atoms with Crippen LogP contribution in [0.1, 0.15) is 63.8 Å². The van der Waals surface area contributed by atoms with Crippen LogP contribution in [0, 0.1) is 0 Å². The molecule has 0 atom stereocenters. The second-order valence-electron chi connectivity index (χ2n) is 15.6. The third kappa shape index (κ3) is 5.02. The molecule has 0 fully saturated rings. The number of thioether (sulfide) groups is 2. The fourth-order valence-electron chi connectivity index (χ4n) is 8.02. The molecule has 0 amide bonds. The molecule has 6 aromatic rings. The number of hydrogen-bond donors (Lipinski definition) is 0. The molecule has 0 saturated heterocycles. The van der Waals surface area contributed by atoms with Crippen molar-refractivity contribution in [2.45, 2.75) is 58.0 Å². The van der Waals surface area contributed by atoms with Crippen molar-refractivity contribution >= 4 is 55.2 Å². The lowest BCUT2D eigenvalue weighted by Gasteiger charge is -2.24. The first-order chi connectivity index (χ1) is 23.5. The molecule has 2 nitrogen and oxygen atoms in total. The van der Waals surface area contributed by atoms with Gasteiger partial charge in [0.15, 0.2) is 0 Å². The van der Waals surface area contributed by atoms with E-state index in [0.29, 0.717) is 0 Å². The van der Waals surface area contributed by atoms with Crippen molar-refractivity contribution in [3.05, 3.63) is 131 Å². The normalized spacial score (nSPS) is 18.4. The van der Waals surface area contributed by atoms with Crippen LogP contribution in [0.4, 0.5) is 0 Å². The maximum atomic E-state index is 5.02. The Morgan fingerprint density at radius 2 is 0.898 bits per heavy atom. The molecular weight excluding hydrogens is 633 g/mol. The lowest BCUT2D eigenvalue weighted by molar-refractivity contribution is 0.605. The average Bonchev–Trinajstić information content (AvgIpc) is 3.73. The Kier molecular flexibility index (Phi) is 6.90. The minimum atomic E-state index is -0.0905. The van der Waals surface area contributed by atoms with Crippen molar-refractivity contribution in [2.24, 2.45) is 9.98 Å². The summed E-state index contributed by atoms with van der Waals surface area (Å²) >= 11 is 3.73. The zero-order valence-electron chi connectivity index (χ0n) is 29.0. The summed E-state index contributed by atoms with van der Waals surface area (Å²) in [7, 11) is 0. The van der Waals surface area contributed by atoms with Gasteiger partial charge < -0.3 is 0 Å². The van der Waals surface area contributed by atoms with E-state index in [4.69, 9.17) is 9.98 Å². The van der Waals surface area contributed by atoms with E-state index in [1.807, 2.05) is 23.5 Å². The van der Waals surface area contributed by atoms with Crippen molar-refractivity contribution in [3.63, 3.8) is 0 Å². The van der Waals surface area contributed by atoms with Crippen LogP contribution < -0.4 is 0 Å². The summed E-state index contributed by atoms with van der Waals surface area (Å²) in [6, 6.07) is 41.3. The number of aliphatic imine (C=N–C) groups is 2. The molecule has 0 saturated carbocycles. The molecule has 6 aromatic carbocycles. The molecule has 0 unspecified atom stereocenters. The van der Waals surface area contributed by atoms with Gasteiger partial charge in [0.2, 0.25) is 0 Å². The fraction of sp³-hybridized carbons (Fsp3) is 0.244. The highest BCUT2D eigenvalue weighted by molar-refractivity contribution is 8.15. The standard InChI is InChI=1S/C45H40N2S2/c1-43(2)25-48-41(46-43)29-19-15-27(16-20-29)39-32-12-7-8-13-33(32)40(28-17-21-30(22-18-28)42-47-44(3,4)26-49-42)36-24-38-34(23-35(36)39)31-11-9-10-14-37(31)45(38,5)6/h7-24H,25-26H2,1-6H3. The highest BCUT2D eigenvalue weighted by Gasteiger charge is 2.36. The highest BCUT2D eigenvalue weighted by atomic mass is 32.2. The van der Waals surface area contributed by atoms with Gasteiger partial charge in [-0.25, -0.2) is 0 Å². The van der Waals surface area contributed by atoms with E-state index in [1.54, 1.807) is 0 Å². The number of benzene rings is 6. The van der Waals surface area contributed by atoms with Gasteiger partial charge in [0, 0.05) is 28.0 Å². The molecule has 9 rings (SSSR count). The molecule has 0 N–H and O–H groups in total. The van der Waals surface area contributed by atoms with Crippen LogP contribution in [0.15, 0.2) is 119 Å². The second kappa shape index (κ2) is 10.9. The molecule has 4 heteroatoms. The van der Waals surface area contributed by atoms with E-state index >= 15 is 0 Å². The van der Waals surface area contributed by atoms with Crippen molar-refractivity contribution in [2.75, 3.05) is 11.5 Å². The molecular formula is C45H40N2S2. The smallest absolute Gasteiger partial charge is 0.0984 e. The SMILES string of the molecule is CC1(C)CSC(c2ccc(-c3c4ccccc4c(-c4ccc(C5=NC(C)(C)CS5)cc4)c4cc5c(cc34)-c3ccccc3C5(C)C)cc2)=N1. The summed E-state index contributed by atoms with van der Waals surface area (Å²) in [5, 5.41) is 7.44. The zero-order valence-corrected chi connectivity index (χ0v) is 30.7. The lowest BCUT2D eigenvalue weighted by Crippen LogP contribution is -2.15. The first kappa shape index (κ1) is 30.9. The molecule has 3 aliphatic rings. The Morgan fingerprint density at radius 3 is 1.39 bits per heavy atom. The predicted molar refractivity (Wildman–Crippen MR) is 216 cm³/mol. The van der Waals surface area contributed by atoms with Gasteiger partial charge in [0.05, 0.1) is 21.2 Å². The van der Waals surface area contributed by atoms with Crippen molar-refractivity contribution in [1.82, 2.24) is 0 Å². The maximum Gasteiger partial charge on any atom is 0.0984 e. The maximum absolute atomic E-state index is 5.02. The first-order valence-corrected chi connectivity index (χ1v) is 19.3. The third-order valence-corrected chi connectivity index (χ3v) is 13.4. The Balaban J connectivity index is 1.30. The average molecular weight is 673 g/mol. The Labute approximate surface area is 298 Å². The Morgan fingerprint density at radius 1 is 0.449 bits per heavy atom. The van der Waals surface area contributed by atoms with Gasteiger partial charge in [-0.3, -0.25) is 9.98 Å². The molecule has 0 radical (unpaired) electrons. The predicted octanol–water partition coefficient (Wildman–Crippen LogP) is 12.2. The van der Waals surface area contributed by atoms with Crippen LogP contribution in [0.3, 0.4) is 0 Å². The van der Waals surface area contributed by atoms with Crippen LogP contribution >= 0.6 is 23.5 Å². The fourth-order valence-corrected chi connectivity index (χ4v) is 10.4. The minimum Gasteiger partial charge on any atom is -0.271 e. The number of nitrogens with zero attached hydrogens (tertiary/aromatic N) is 2. The number of rotatable bonds is 4. The number of hydrogen-bond acceptors (Lipinski definition) is 4. The van der Waals surface area contributed by atoms with Gasteiger partial charge in [-0.1, -0.05) is 111 Å². The first-order valence-electron chi connectivity index (χ1n) is 17.3. The zero-order chi connectivity index (χ0) is 33.7. The summed E-state index contributed by atoms with van der Waals surface area (Å²) in [6.45, 7) is 13.6. The minimum absolute atomic E-state index is 0.0101. The monoisotopic (exact) mass is 672 g/mol. The number of fused-ring (bicyclic) bond motifs is 5.